The van der Waals surface area contributed by atoms with Crippen LogP contribution in [0.4, 0.5) is 10.8 Å². The number of sulfonamides is 1. The van der Waals surface area contributed by atoms with E-state index in [0.29, 0.717) is 29.9 Å². The second-order valence-electron chi connectivity index (χ2n) is 7.84. The smallest absolute Gasteiger partial charge is 0.291 e. The minimum atomic E-state index is -4.15. The Morgan fingerprint density at radius 3 is 2.31 bits per heavy atom. The summed E-state index contributed by atoms with van der Waals surface area (Å²) < 4.78 is 27.9. The molecule has 3 aromatic carbocycles. The van der Waals surface area contributed by atoms with E-state index < -0.39 is 21.8 Å². The van der Waals surface area contributed by atoms with Gasteiger partial charge in [-0.05, 0) is 43.2 Å². The topological polar surface area (TPSA) is 130 Å². The lowest BCUT2D eigenvalue weighted by molar-refractivity contribution is 0.0954. The molecule has 0 aliphatic carbocycles. The maximum atomic E-state index is 12.9. The highest BCUT2D eigenvalue weighted by molar-refractivity contribution is 7.94. The monoisotopic (exact) mass is 521 g/mol. The molecule has 0 aliphatic rings. The van der Waals surface area contributed by atoms with Gasteiger partial charge in [-0.2, -0.15) is 8.42 Å². The average Bonchev–Trinajstić information content (AvgIpc) is 3.35. The summed E-state index contributed by atoms with van der Waals surface area (Å²) in [5.74, 6) is -0.840. The van der Waals surface area contributed by atoms with E-state index in [1.807, 2.05) is 37.3 Å². The highest BCUT2D eigenvalue weighted by Crippen LogP contribution is 2.25. The minimum Gasteiger partial charge on any atom is -0.352 e. The molecule has 0 saturated carbocycles. The normalized spacial score (nSPS) is 11.0. The second-order valence-corrected chi connectivity index (χ2v) is 10.7. The molecule has 36 heavy (non-hydrogen) atoms. The molecule has 0 radical (unpaired) electrons. The van der Waals surface area contributed by atoms with Crippen LogP contribution in [0.5, 0.6) is 0 Å². The van der Waals surface area contributed by atoms with Crippen molar-refractivity contribution in [3.8, 4) is 0 Å². The Labute approximate surface area is 212 Å². The maximum Gasteiger partial charge on any atom is 0.291 e. The number of aryl methyl sites for hydroxylation is 1. The summed E-state index contributed by atoms with van der Waals surface area (Å²) >= 11 is 0.706. The van der Waals surface area contributed by atoms with E-state index in [1.54, 1.807) is 36.4 Å². The third kappa shape index (κ3) is 6.32. The van der Waals surface area contributed by atoms with Crippen LogP contribution in [0.2, 0.25) is 0 Å². The Morgan fingerprint density at radius 2 is 1.56 bits per heavy atom. The zero-order valence-electron chi connectivity index (χ0n) is 19.3. The Kier molecular flexibility index (Phi) is 7.71. The van der Waals surface area contributed by atoms with Gasteiger partial charge in [0.05, 0.1) is 11.3 Å². The van der Waals surface area contributed by atoms with Crippen molar-refractivity contribution in [2.45, 2.75) is 17.7 Å². The summed E-state index contributed by atoms with van der Waals surface area (Å²) in [6.07, 6.45) is 0.641. The summed E-state index contributed by atoms with van der Waals surface area (Å²) in [7, 11) is -4.15. The molecule has 0 spiro atoms. The molecule has 1 heterocycles. The molecule has 3 N–H and O–H groups in total. The van der Waals surface area contributed by atoms with E-state index in [1.165, 1.54) is 12.1 Å². The predicted molar refractivity (Wildman–Crippen MR) is 139 cm³/mol. The van der Waals surface area contributed by atoms with Crippen molar-refractivity contribution in [2.75, 3.05) is 16.6 Å². The largest absolute Gasteiger partial charge is 0.352 e. The van der Waals surface area contributed by atoms with E-state index in [0.717, 1.165) is 11.1 Å². The Bertz CT molecular complexity index is 1470. The second kappa shape index (κ2) is 11.1. The van der Waals surface area contributed by atoms with Gasteiger partial charge in [-0.3, -0.25) is 19.6 Å². The van der Waals surface area contributed by atoms with Crippen LogP contribution in [0, 0.1) is 6.92 Å². The first kappa shape index (κ1) is 25.0. The van der Waals surface area contributed by atoms with E-state index >= 15 is 0 Å². The standard InChI is InChI=1S/C25H23N5O4S2/c1-17-11-13-19(14-12-17)22(31)27-24-28-29-25(35-24)36(33,34)30-21-10-6-5-9-20(21)23(32)26-16-15-18-7-3-2-4-8-18/h2-14,30H,15-16H2,1H3,(H,26,32)(H,27,28,31). The quantitative estimate of drug-likeness (QED) is 0.287. The first-order chi connectivity index (χ1) is 17.3. The van der Waals surface area contributed by atoms with Gasteiger partial charge in [0, 0.05) is 12.1 Å². The Balaban J connectivity index is 1.42. The van der Waals surface area contributed by atoms with Gasteiger partial charge in [0.15, 0.2) is 0 Å². The third-order valence-corrected chi connectivity index (χ3v) is 7.70. The van der Waals surface area contributed by atoms with Crippen LogP contribution < -0.4 is 15.4 Å². The van der Waals surface area contributed by atoms with Gasteiger partial charge in [-0.25, -0.2) is 0 Å². The molecule has 11 heteroatoms. The van der Waals surface area contributed by atoms with Gasteiger partial charge in [-0.1, -0.05) is 71.5 Å². The zero-order valence-corrected chi connectivity index (χ0v) is 20.9. The summed E-state index contributed by atoms with van der Waals surface area (Å²) in [5, 5.41) is 12.9. The fourth-order valence-electron chi connectivity index (χ4n) is 3.26. The summed E-state index contributed by atoms with van der Waals surface area (Å²) in [5.41, 5.74) is 2.77. The van der Waals surface area contributed by atoms with Crippen LogP contribution in [0.15, 0.2) is 83.2 Å². The van der Waals surface area contributed by atoms with Crippen LogP contribution in [0.3, 0.4) is 0 Å². The lowest BCUT2D eigenvalue weighted by Gasteiger charge is -2.11. The molecule has 2 amide bonds. The number of benzene rings is 3. The number of nitrogens with one attached hydrogen (secondary N) is 3. The van der Waals surface area contributed by atoms with Crippen molar-refractivity contribution in [1.29, 1.82) is 0 Å². The van der Waals surface area contributed by atoms with Gasteiger partial charge in [0.2, 0.25) is 5.13 Å². The molecule has 0 unspecified atom stereocenters. The van der Waals surface area contributed by atoms with Gasteiger partial charge >= 0.3 is 0 Å². The molecule has 0 atom stereocenters. The number of carbonyl (C=O) groups excluding carboxylic acids is 2. The third-order valence-electron chi connectivity index (χ3n) is 5.13. The van der Waals surface area contributed by atoms with Crippen molar-refractivity contribution in [1.82, 2.24) is 15.5 Å². The predicted octanol–water partition coefficient (Wildman–Crippen LogP) is 3.87. The zero-order chi connectivity index (χ0) is 25.5. The van der Waals surface area contributed by atoms with E-state index in [2.05, 4.69) is 25.6 Å². The summed E-state index contributed by atoms with van der Waals surface area (Å²) in [6.45, 7) is 2.30. The maximum absolute atomic E-state index is 12.9. The number of carbonyl (C=O) groups is 2. The first-order valence-electron chi connectivity index (χ1n) is 11.0. The molecular weight excluding hydrogens is 498 g/mol. The van der Waals surface area contributed by atoms with Gasteiger partial charge in [0.25, 0.3) is 26.2 Å². The van der Waals surface area contributed by atoms with Crippen LogP contribution in [0.25, 0.3) is 0 Å². The van der Waals surface area contributed by atoms with E-state index in [9.17, 15) is 18.0 Å². The highest BCUT2D eigenvalue weighted by atomic mass is 32.2. The first-order valence-corrected chi connectivity index (χ1v) is 13.3. The van der Waals surface area contributed by atoms with Gasteiger partial charge < -0.3 is 5.32 Å². The van der Waals surface area contributed by atoms with Crippen LogP contribution >= 0.6 is 11.3 Å². The fourth-order valence-corrected chi connectivity index (χ4v) is 5.24. The number of rotatable bonds is 9. The van der Waals surface area contributed by atoms with Crippen LogP contribution in [-0.2, 0) is 16.4 Å². The van der Waals surface area contributed by atoms with Crippen LogP contribution in [-0.4, -0.2) is 37.0 Å². The van der Waals surface area contributed by atoms with Crippen molar-refractivity contribution in [2.24, 2.45) is 0 Å². The number of anilines is 2. The summed E-state index contributed by atoms with van der Waals surface area (Å²) in [6, 6.07) is 22.9. The molecular formula is C25H23N5O4S2. The Hall–Kier alpha value is -4.09. The fraction of sp³-hybridized carbons (Fsp3) is 0.120. The molecule has 0 aliphatic heterocycles. The van der Waals surface area contributed by atoms with Crippen molar-refractivity contribution < 1.29 is 18.0 Å². The molecule has 4 rings (SSSR count). The lowest BCUT2D eigenvalue weighted by Crippen LogP contribution is -2.27. The number of para-hydroxylation sites is 1. The number of nitrogens with zero attached hydrogens (tertiary/aromatic N) is 2. The number of aromatic nitrogens is 2. The van der Waals surface area contributed by atoms with E-state index in [4.69, 9.17) is 0 Å². The van der Waals surface area contributed by atoms with E-state index in [-0.39, 0.29) is 20.7 Å². The van der Waals surface area contributed by atoms with Crippen molar-refractivity contribution >= 4 is 44.0 Å². The minimum absolute atomic E-state index is 0.0351. The molecule has 1 aromatic heterocycles. The number of amides is 2. The Morgan fingerprint density at radius 1 is 0.861 bits per heavy atom. The number of hydrogen-bond acceptors (Lipinski definition) is 7. The van der Waals surface area contributed by atoms with Crippen LogP contribution in [0.1, 0.15) is 31.8 Å². The average molecular weight is 522 g/mol. The molecule has 9 nitrogen and oxygen atoms in total. The highest BCUT2D eigenvalue weighted by Gasteiger charge is 2.23. The SMILES string of the molecule is Cc1ccc(C(=O)Nc2nnc(S(=O)(=O)Nc3ccccc3C(=O)NCCc3ccccc3)s2)cc1. The van der Waals surface area contributed by atoms with Crippen molar-refractivity contribution in [3.05, 3.63) is 101 Å². The van der Waals surface area contributed by atoms with Gasteiger partial charge in [0.1, 0.15) is 0 Å². The molecule has 0 fully saturated rings. The summed E-state index contributed by atoms with van der Waals surface area (Å²) in [4.78, 5) is 25.1. The molecule has 0 saturated heterocycles. The molecule has 0 bridgehead atoms. The lowest BCUT2D eigenvalue weighted by atomic mass is 10.1. The van der Waals surface area contributed by atoms with Crippen molar-refractivity contribution in [3.63, 3.8) is 0 Å². The number of hydrogen-bond donors (Lipinski definition) is 3. The molecule has 184 valence electrons. The van der Waals surface area contributed by atoms with Gasteiger partial charge in [-0.15, -0.1) is 10.2 Å². The molecule has 4 aromatic rings.